The van der Waals surface area contributed by atoms with Crippen LogP contribution in [0.3, 0.4) is 0 Å². The van der Waals surface area contributed by atoms with Crippen LogP contribution in [-0.2, 0) is 23.8 Å². The molecule has 5 N–H and O–H groups in total. The van der Waals surface area contributed by atoms with Gasteiger partial charge in [-0.05, 0) is 44.4 Å². The van der Waals surface area contributed by atoms with Gasteiger partial charge in [-0.1, -0.05) is 40.5 Å². The molecule has 41 heavy (non-hydrogen) atoms. The maximum atomic E-state index is 12.2. The van der Waals surface area contributed by atoms with Gasteiger partial charge in [0.15, 0.2) is 6.29 Å². The molecule has 0 aromatic rings. The van der Waals surface area contributed by atoms with Crippen molar-refractivity contribution in [3.05, 3.63) is 0 Å². The van der Waals surface area contributed by atoms with Gasteiger partial charge in [0.05, 0.1) is 25.4 Å². The predicted octanol–water partition coefficient (Wildman–Crippen LogP) is 2.22. The molecule has 244 valence electrons. The number of aliphatic hydroxyl groups is 4. The molecule has 2 saturated heterocycles. The van der Waals surface area contributed by atoms with Gasteiger partial charge in [0, 0.05) is 52.7 Å². The number of hydrogen-bond donors (Lipinski definition) is 5. The maximum Gasteiger partial charge on any atom is 0.222 e. The highest BCUT2D eigenvalue weighted by Gasteiger charge is 2.42. The molecule has 0 aliphatic carbocycles. The Morgan fingerprint density at radius 2 is 1.56 bits per heavy atom. The van der Waals surface area contributed by atoms with Crippen LogP contribution < -0.4 is 5.32 Å². The van der Waals surface area contributed by atoms with Gasteiger partial charge < -0.3 is 44.9 Å². The number of likely N-dealkylation sites (tertiary alicyclic amines) is 1. The molecule has 6 atom stereocenters. The number of methoxy groups -OCH3 is 1. The van der Waals surface area contributed by atoms with Crippen molar-refractivity contribution in [3.63, 3.8) is 0 Å². The molecule has 2 aliphatic rings. The number of aliphatic hydroxyl groups excluding tert-OH is 4. The SMILES string of the molecule is CC(C)C.COC.C[C@@H]1C(OCCCCCC(=O)NCCCCCC(=O)N2CCC[C@H]2CO)OC(CO)[C@H](O)[C@@H]1O. The monoisotopic (exact) mass is 592 g/mol. The molecule has 11 nitrogen and oxygen atoms in total. The van der Waals surface area contributed by atoms with E-state index in [1.165, 1.54) is 0 Å². The van der Waals surface area contributed by atoms with E-state index in [1.807, 2.05) is 0 Å². The summed E-state index contributed by atoms with van der Waals surface area (Å²) in [6.07, 6.45) is 3.93. The van der Waals surface area contributed by atoms with Crippen molar-refractivity contribution >= 4 is 11.8 Å². The minimum atomic E-state index is -1.13. The molecule has 2 unspecified atom stereocenters. The summed E-state index contributed by atoms with van der Waals surface area (Å²) in [5, 5.41) is 41.4. The van der Waals surface area contributed by atoms with Crippen LogP contribution in [-0.4, -0.2) is 115 Å². The van der Waals surface area contributed by atoms with Crippen LogP contribution >= 0.6 is 0 Å². The summed E-state index contributed by atoms with van der Waals surface area (Å²) in [6, 6.07) is -0.0111. The highest BCUT2D eigenvalue weighted by atomic mass is 16.7. The van der Waals surface area contributed by atoms with Crippen molar-refractivity contribution < 1.29 is 44.2 Å². The number of ether oxygens (including phenoxy) is 3. The van der Waals surface area contributed by atoms with Crippen molar-refractivity contribution in [2.75, 3.05) is 47.1 Å². The zero-order chi connectivity index (χ0) is 31.2. The van der Waals surface area contributed by atoms with E-state index >= 15 is 0 Å². The van der Waals surface area contributed by atoms with Crippen LogP contribution in [0.2, 0.25) is 0 Å². The maximum absolute atomic E-state index is 12.2. The number of amides is 2. The van der Waals surface area contributed by atoms with Gasteiger partial charge in [-0.25, -0.2) is 0 Å². The second-order valence-corrected chi connectivity index (χ2v) is 11.6. The second-order valence-electron chi connectivity index (χ2n) is 11.6. The molecule has 2 aliphatic heterocycles. The molecule has 0 aromatic carbocycles. The zero-order valence-electron chi connectivity index (χ0n) is 26.4. The molecule has 11 heteroatoms. The van der Waals surface area contributed by atoms with Crippen molar-refractivity contribution in [1.29, 1.82) is 0 Å². The Balaban J connectivity index is 0.00000205. The normalized spacial score (nSPS) is 25.7. The van der Waals surface area contributed by atoms with Crippen LogP contribution in [0.25, 0.3) is 0 Å². The molecule has 0 spiro atoms. The topological polar surface area (TPSA) is 158 Å². The lowest BCUT2D eigenvalue weighted by Crippen LogP contribution is -2.55. The van der Waals surface area contributed by atoms with E-state index in [2.05, 4.69) is 30.8 Å². The number of nitrogens with zero attached hydrogens (tertiary/aromatic N) is 1. The molecular weight excluding hydrogens is 532 g/mol. The van der Waals surface area contributed by atoms with Gasteiger partial charge in [-0.2, -0.15) is 0 Å². The van der Waals surface area contributed by atoms with Gasteiger partial charge in [0.25, 0.3) is 0 Å². The molecule has 2 heterocycles. The Morgan fingerprint density at radius 3 is 2.17 bits per heavy atom. The third-order valence-corrected chi connectivity index (χ3v) is 6.82. The molecule has 0 saturated carbocycles. The molecule has 0 bridgehead atoms. The smallest absolute Gasteiger partial charge is 0.222 e. The molecule has 2 amide bonds. The molecule has 2 fully saturated rings. The zero-order valence-corrected chi connectivity index (χ0v) is 26.4. The van der Waals surface area contributed by atoms with E-state index in [9.17, 15) is 30.0 Å². The van der Waals surface area contributed by atoms with E-state index in [0.29, 0.717) is 26.0 Å². The number of hydrogen-bond acceptors (Lipinski definition) is 9. The van der Waals surface area contributed by atoms with Gasteiger partial charge in [-0.3, -0.25) is 9.59 Å². The Bertz CT molecular complexity index is 663. The predicted molar refractivity (Wildman–Crippen MR) is 158 cm³/mol. The first-order valence-corrected chi connectivity index (χ1v) is 15.3. The van der Waals surface area contributed by atoms with E-state index in [4.69, 9.17) is 9.47 Å². The Kier molecular flexibility index (Phi) is 23.3. The minimum absolute atomic E-state index is 0.0111. The molecular formula is C30H60N2O9. The standard InChI is InChI=1S/C24H44N2O8.C4H10.C2H6O/c1-17-22(31)23(32)19(16-28)34-24(17)33-14-7-3-4-10-20(29)25-12-6-2-5-11-21(30)26-13-8-9-18(26)15-27;1-4(2)3;1-3-2/h17-19,22-24,27-28,31-32H,2-16H2,1H3,(H,25,29);4H,1-3H3;1-2H3/t17-,18-,19?,22+,23-,24?;;/m0../s1. The molecule has 2 rings (SSSR count). The number of rotatable bonds is 15. The first kappa shape index (κ1) is 39.7. The lowest BCUT2D eigenvalue weighted by molar-refractivity contribution is -0.282. The van der Waals surface area contributed by atoms with Crippen molar-refractivity contribution in [1.82, 2.24) is 10.2 Å². The quantitative estimate of drug-likeness (QED) is 0.180. The lowest BCUT2D eigenvalue weighted by Gasteiger charge is -2.40. The lowest BCUT2D eigenvalue weighted by atomic mass is 9.92. The Morgan fingerprint density at radius 1 is 0.951 bits per heavy atom. The first-order chi connectivity index (χ1) is 19.5. The van der Waals surface area contributed by atoms with Crippen LogP contribution in [0.15, 0.2) is 0 Å². The van der Waals surface area contributed by atoms with E-state index < -0.39 is 30.5 Å². The van der Waals surface area contributed by atoms with Gasteiger partial charge in [0.1, 0.15) is 12.2 Å². The van der Waals surface area contributed by atoms with Gasteiger partial charge >= 0.3 is 0 Å². The van der Waals surface area contributed by atoms with Crippen LogP contribution in [0.5, 0.6) is 0 Å². The summed E-state index contributed by atoms with van der Waals surface area (Å²) in [6.45, 7) is 9.65. The number of carbonyl (C=O) groups is 2. The average Bonchev–Trinajstić information content (AvgIpc) is 3.41. The van der Waals surface area contributed by atoms with Crippen LogP contribution in [0, 0.1) is 11.8 Å². The third kappa shape index (κ3) is 17.4. The Labute approximate surface area is 247 Å². The number of nitrogens with one attached hydrogen (secondary N) is 1. The average molecular weight is 593 g/mol. The summed E-state index contributed by atoms with van der Waals surface area (Å²) < 4.78 is 15.4. The summed E-state index contributed by atoms with van der Waals surface area (Å²) in [7, 11) is 3.25. The van der Waals surface area contributed by atoms with E-state index in [1.54, 1.807) is 26.0 Å². The summed E-state index contributed by atoms with van der Waals surface area (Å²) in [4.78, 5) is 26.0. The van der Waals surface area contributed by atoms with Crippen molar-refractivity contribution in [2.45, 2.75) is 123 Å². The highest BCUT2D eigenvalue weighted by Crippen LogP contribution is 2.27. The third-order valence-electron chi connectivity index (χ3n) is 6.82. The Hall–Kier alpha value is -1.34. The van der Waals surface area contributed by atoms with Crippen molar-refractivity contribution in [2.24, 2.45) is 11.8 Å². The molecule has 0 radical (unpaired) electrons. The number of carbonyl (C=O) groups excluding carboxylic acids is 2. The van der Waals surface area contributed by atoms with E-state index in [0.717, 1.165) is 63.8 Å². The summed E-state index contributed by atoms with van der Waals surface area (Å²) in [5.41, 5.74) is 0. The highest BCUT2D eigenvalue weighted by molar-refractivity contribution is 5.77. The van der Waals surface area contributed by atoms with Gasteiger partial charge in [-0.15, -0.1) is 0 Å². The van der Waals surface area contributed by atoms with Crippen molar-refractivity contribution in [3.8, 4) is 0 Å². The minimum Gasteiger partial charge on any atom is -0.394 e. The molecule has 0 aromatic heterocycles. The fourth-order valence-corrected chi connectivity index (χ4v) is 4.57. The fraction of sp³-hybridized carbons (Fsp3) is 0.933. The first-order valence-electron chi connectivity index (χ1n) is 15.3. The number of unbranched alkanes of at least 4 members (excludes halogenated alkanes) is 4. The van der Waals surface area contributed by atoms with Gasteiger partial charge in [0.2, 0.25) is 11.8 Å². The fourth-order valence-electron chi connectivity index (χ4n) is 4.57. The largest absolute Gasteiger partial charge is 0.394 e. The van der Waals surface area contributed by atoms with Crippen LogP contribution in [0.4, 0.5) is 0 Å². The second kappa shape index (κ2) is 24.1. The summed E-state index contributed by atoms with van der Waals surface area (Å²) >= 11 is 0. The van der Waals surface area contributed by atoms with Crippen LogP contribution in [0.1, 0.15) is 91.9 Å². The summed E-state index contributed by atoms with van der Waals surface area (Å²) in [5.74, 6) is 0.572. The van der Waals surface area contributed by atoms with E-state index in [-0.39, 0.29) is 31.1 Å².